The lowest BCUT2D eigenvalue weighted by Gasteiger charge is -2.36. The van der Waals surface area contributed by atoms with Crippen molar-refractivity contribution < 1.29 is 23.0 Å². The van der Waals surface area contributed by atoms with Gasteiger partial charge in [0.1, 0.15) is 0 Å². The number of carbonyl (C=O) groups excluding carboxylic acids is 1. The van der Waals surface area contributed by atoms with Crippen molar-refractivity contribution in [1.82, 2.24) is 0 Å². The van der Waals surface area contributed by atoms with Gasteiger partial charge in [0.05, 0.1) is 5.41 Å². The lowest BCUT2D eigenvalue weighted by Crippen LogP contribution is -2.53. The number of anilines is 1. The van der Waals surface area contributed by atoms with Crippen LogP contribution in [0.1, 0.15) is 27.7 Å². The highest BCUT2D eigenvalue weighted by Crippen LogP contribution is 2.42. The summed E-state index contributed by atoms with van der Waals surface area (Å²) in [5.74, 6) is -0.514. The topological polar surface area (TPSA) is 73.6 Å². The van der Waals surface area contributed by atoms with Gasteiger partial charge in [0, 0.05) is 17.3 Å². The zero-order valence-electron chi connectivity index (χ0n) is 12.3. The van der Waals surface area contributed by atoms with Gasteiger partial charge in [-0.05, 0) is 39.8 Å². The predicted molar refractivity (Wildman–Crippen MR) is 73.3 cm³/mol. The van der Waals surface area contributed by atoms with Crippen LogP contribution in [-0.4, -0.2) is 17.7 Å². The van der Waals surface area contributed by atoms with Gasteiger partial charge in [-0.15, -0.1) is 8.78 Å². The number of ether oxygens (including phenoxy) is 2. The maximum atomic E-state index is 12.9. The molecule has 7 heteroatoms. The normalized spacial score (nSPS) is 16.7. The van der Waals surface area contributed by atoms with E-state index in [1.54, 1.807) is 27.7 Å². The van der Waals surface area contributed by atoms with E-state index in [-0.39, 0.29) is 17.4 Å². The largest absolute Gasteiger partial charge is 0.586 e. The van der Waals surface area contributed by atoms with Crippen LogP contribution in [0.2, 0.25) is 0 Å². The van der Waals surface area contributed by atoms with Crippen LogP contribution in [0.4, 0.5) is 14.5 Å². The molecule has 116 valence electrons. The van der Waals surface area contributed by atoms with E-state index in [2.05, 4.69) is 14.8 Å². The summed E-state index contributed by atoms with van der Waals surface area (Å²) in [7, 11) is 0. The molecule has 1 aromatic carbocycles. The average Bonchev–Trinajstić information content (AvgIpc) is 2.60. The Hall–Kier alpha value is -1.89. The van der Waals surface area contributed by atoms with Crippen molar-refractivity contribution in [2.75, 3.05) is 5.32 Å². The van der Waals surface area contributed by atoms with Crippen molar-refractivity contribution in [2.24, 2.45) is 11.1 Å². The van der Waals surface area contributed by atoms with Gasteiger partial charge in [0.15, 0.2) is 11.5 Å². The van der Waals surface area contributed by atoms with Gasteiger partial charge in [-0.2, -0.15) is 0 Å². The number of benzene rings is 1. The summed E-state index contributed by atoms with van der Waals surface area (Å²) < 4.78 is 34.5. The van der Waals surface area contributed by atoms with Gasteiger partial charge in [-0.1, -0.05) is 0 Å². The molecule has 1 aromatic rings. The molecule has 1 aliphatic heterocycles. The fourth-order valence-corrected chi connectivity index (χ4v) is 1.61. The lowest BCUT2D eigenvalue weighted by atomic mass is 9.74. The first-order valence-corrected chi connectivity index (χ1v) is 6.43. The van der Waals surface area contributed by atoms with E-state index in [9.17, 15) is 13.6 Å². The number of hydrogen-bond acceptors (Lipinski definition) is 4. The van der Waals surface area contributed by atoms with Crippen LogP contribution in [0.15, 0.2) is 18.2 Å². The molecule has 1 heterocycles. The first kappa shape index (κ1) is 15.5. The monoisotopic (exact) mass is 300 g/mol. The summed E-state index contributed by atoms with van der Waals surface area (Å²) in [6, 6.07) is 4.06. The minimum atomic E-state index is -3.68. The first-order valence-electron chi connectivity index (χ1n) is 6.43. The molecule has 1 aliphatic rings. The smallest absolute Gasteiger partial charge is 0.395 e. The van der Waals surface area contributed by atoms with E-state index < -0.39 is 17.2 Å². The highest BCUT2D eigenvalue weighted by Gasteiger charge is 2.44. The molecule has 0 aliphatic carbocycles. The van der Waals surface area contributed by atoms with Gasteiger partial charge in [0.2, 0.25) is 5.91 Å². The summed E-state index contributed by atoms with van der Waals surface area (Å²) in [6.45, 7) is 6.91. The molecule has 0 aromatic heterocycles. The molecule has 5 nitrogen and oxygen atoms in total. The Labute approximate surface area is 121 Å². The van der Waals surface area contributed by atoms with Crippen LogP contribution in [0, 0.1) is 5.41 Å². The summed E-state index contributed by atoms with van der Waals surface area (Å²) in [5.41, 5.74) is 4.72. The molecule has 1 amide bonds. The van der Waals surface area contributed by atoms with Crippen molar-refractivity contribution in [2.45, 2.75) is 39.5 Å². The quantitative estimate of drug-likeness (QED) is 0.900. The molecular formula is C14H18F2N2O3. The highest BCUT2D eigenvalue weighted by molar-refractivity contribution is 5.96. The number of hydrogen-bond donors (Lipinski definition) is 2. The fourth-order valence-electron chi connectivity index (χ4n) is 1.61. The van der Waals surface area contributed by atoms with E-state index in [1.165, 1.54) is 18.2 Å². The Morgan fingerprint density at radius 2 is 1.76 bits per heavy atom. The molecule has 0 saturated heterocycles. The van der Waals surface area contributed by atoms with Crippen LogP contribution in [0.25, 0.3) is 0 Å². The third-order valence-corrected chi connectivity index (χ3v) is 3.84. The molecule has 2 rings (SSSR count). The van der Waals surface area contributed by atoms with E-state index in [1.807, 2.05) is 0 Å². The highest BCUT2D eigenvalue weighted by atomic mass is 19.3. The summed E-state index contributed by atoms with van der Waals surface area (Å²) in [4.78, 5) is 12.3. The van der Waals surface area contributed by atoms with Gasteiger partial charge >= 0.3 is 6.29 Å². The molecule has 0 bridgehead atoms. The van der Waals surface area contributed by atoms with Crippen LogP contribution in [-0.2, 0) is 4.79 Å². The predicted octanol–water partition coefficient (Wildman–Crippen LogP) is 2.71. The second kappa shape index (κ2) is 4.56. The van der Waals surface area contributed by atoms with Crippen molar-refractivity contribution in [3.63, 3.8) is 0 Å². The van der Waals surface area contributed by atoms with Crippen molar-refractivity contribution in [3.8, 4) is 11.5 Å². The standard InChI is InChI=1S/C14H18F2N2O3/c1-12(2,13(3,4)17)11(19)18-8-5-6-9-10(7-8)21-14(15,16)20-9/h5-7H,17H2,1-4H3,(H,18,19). The molecule has 0 fully saturated rings. The Bertz CT molecular complexity index is 580. The molecule has 0 radical (unpaired) electrons. The third kappa shape index (κ3) is 2.92. The SMILES string of the molecule is CC(C)(N)C(C)(C)C(=O)Nc1ccc2c(c1)OC(F)(F)O2. The number of alkyl halides is 2. The van der Waals surface area contributed by atoms with Crippen LogP contribution in [0.3, 0.4) is 0 Å². The van der Waals surface area contributed by atoms with Gasteiger partial charge in [-0.3, -0.25) is 4.79 Å². The molecular weight excluding hydrogens is 282 g/mol. The maximum absolute atomic E-state index is 12.9. The maximum Gasteiger partial charge on any atom is 0.586 e. The first-order chi connectivity index (χ1) is 9.42. The lowest BCUT2D eigenvalue weighted by molar-refractivity contribution is -0.286. The van der Waals surface area contributed by atoms with Crippen molar-refractivity contribution >= 4 is 11.6 Å². The van der Waals surface area contributed by atoms with E-state index in [4.69, 9.17) is 5.73 Å². The van der Waals surface area contributed by atoms with E-state index >= 15 is 0 Å². The number of amides is 1. The third-order valence-electron chi connectivity index (χ3n) is 3.84. The fraction of sp³-hybridized carbons (Fsp3) is 0.500. The van der Waals surface area contributed by atoms with Crippen molar-refractivity contribution in [3.05, 3.63) is 18.2 Å². The number of rotatable bonds is 3. The minimum absolute atomic E-state index is 0.0728. The van der Waals surface area contributed by atoms with Gasteiger partial charge < -0.3 is 20.5 Å². The number of nitrogens with one attached hydrogen (secondary N) is 1. The molecule has 0 spiro atoms. The number of carbonyl (C=O) groups is 1. The Kier molecular flexibility index (Phi) is 3.36. The van der Waals surface area contributed by atoms with E-state index in [0.717, 1.165) is 0 Å². The second-order valence-electron chi connectivity index (χ2n) is 6.13. The Morgan fingerprint density at radius 3 is 2.33 bits per heavy atom. The van der Waals surface area contributed by atoms with Gasteiger partial charge in [-0.25, -0.2) is 0 Å². The zero-order chi connectivity index (χ0) is 16.1. The molecule has 0 saturated carbocycles. The summed E-state index contributed by atoms with van der Waals surface area (Å²) >= 11 is 0. The zero-order valence-corrected chi connectivity index (χ0v) is 12.3. The van der Waals surface area contributed by atoms with Crippen molar-refractivity contribution in [1.29, 1.82) is 0 Å². The molecule has 21 heavy (non-hydrogen) atoms. The van der Waals surface area contributed by atoms with Crippen LogP contribution >= 0.6 is 0 Å². The Morgan fingerprint density at radius 1 is 1.19 bits per heavy atom. The average molecular weight is 300 g/mol. The summed E-state index contributed by atoms with van der Waals surface area (Å²) in [6.07, 6.45) is -3.68. The Balaban J connectivity index is 2.18. The number of nitrogens with two attached hydrogens (primary N) is 1. The number of fused-ring (bicyclic) bond motifs is 1. The molecule has 3 N–H and O–H groups in total. The van der Waals surface area contributed by atoms with Crippen LogP contribution < -0.4 is 20.5 Å². The minimum Gasteiger partial charge on any atom is -0.395 e. The second-order valence-corrected chi connectivity index (χ2v) is 6.13. The summed E-state index contributed by atoms with van der Waals surface area (Å²) in [5, 5.41) is 2.65. The molecule has 0 unspecified atom stereocenters. The number of halogens is 2. The van der Waals surface area contributed by atoms with Gasteiger partial charge in [0.25, 0.3) is 0 Å². The van der Waals surface area contributed by atoms with Crippen LogP contribution in [0.5, 0.6) is 11.5 Å². The molecule has 0 atom stereocenters. The van der Waals surface area contributed by atoms with E-state index in [0.29, 0.717) is 5.69 Å².